The molecule has 1 atom stereocenters. The minimum atomic E-state index is -1.64. The Balaban J connectivity index is 1.39. The number of carbonyl (C=O) groups excluding carboxylic acids is 2. The van der Waals surface area contributed by atoms with Crippen LogP contribution in [0.15, 0.2) is 83.7 Å². The van der Waals surface area contributed by atoms with Gasteiger partial charge < -0.3 is 20.5 Å². The van der Waals surface area contributed by atoms with Crippen LogP contribution in [0.4, 0.5) is 9.18 Å². The Morgan fingerprint density at radius 3 is 2.41 bits per heavy atom. The summed E-state index contributed by atoms with van der Waals surface area (Å²) in [5.41, 5.74) is 3.41. The summed E-state index contributed by atoms with van der Waals surface area (Å²) in [7, 11) is 0. The number of ether oxygens (including phenoxy) is 1. The van der Waals surface area contributed by atoms with Crippen molar-refractivity contribution in [3.63, 3.8) is 0 Å². The Morgan fingerprint density at radius 1 is 1.00 bits per heavy atom. The number of halogens is 1. The van der Waals surface area contributed by atoms with Crippen LogP contribution in [-0.2, 0) is 29.0 Å². The van der Waals surface area contributed by atoms with Crippen LogP contribution in [0.25, 0.3) is 22.6 Å². The highest BCUT2D eigenvalue weighted by atomic mass is 32.1. The zero-order valence-electron chi connectivity index (χ0n) is 26.0. The molecular weight excluding hydrogens is 607 g/mol. The zero-order valence-corrected chi connectivity index (χ0v) is 26.8. The first kappa shape index (κ1) is 32.5. The Labute approximate surface area is 270 Å². The predicted molar refractivity (Wildman–Crippen MR) is 173 cm³/mol. The lowest BCUT2D eigenvalue weighted by Gasteiger charge is -2.30. The molecule has 0 aliphatic carbocycles. The summed E-state index contributed by atoms with van der Waals surface area (Å²) < 4.78 is 20.8. The Hall–Kier alpha value is -4.94. The van der Waals surface area contributed by atoms with Gasteiger partial charge >= 0.3 is 6.09 Å². The lowest BCUT2D eigenvalue weighted by Crippen LogP contribution is -2.42. The lowest BCUT2D eigenvalue weighted by molar-refractivity contribution is 0.0486. The molecule has 0 saturated heterocycles. The Bertz CT molecular complexity index is 1810. The number of thiazole rings is 1. The Morgan fingerprint density at radius 2 is 1.74 bits per heavy atom. The molecule has 3 heterocycles. The molecule has 0 spiro atoms. The first-order chi connectivity index (χ1) is 21.9. The van der Waals surface area contributed by atoms with Gasteiger partial charge in [-0.1, -0.05) is 30.3 Å². The topological polar surface area (TPSA) is 131 Å². The number of nitrogens with zero attached hydrogens (tertiary/aromatic N) is 4. The van der Waals surface area contributed by atoms with Gasteiger partial charge in [0, 0.05) is 17.5 Å². The fraction of sp³-hybridized carbons (Fsp3) is 0.265. The molecule has 3 N–H and O–H groups in total. The molecule has 5 aromatic rings. The lowest BCUT2D eigenvalue weighted by atomic mass is 9.89. The summed E-state index contributed by atoms with van der Waals surface area (Å²) >= 11 is 1.43. The Kier molecular flexibility index (Phi) is 9.59. The van der Waals surface area contributed by atoms with Crippen LogP contribution in [0.2, 0.25) is 0 Å². The van der Waals surface area contributed by atoms with Gasteiger partial charge in [-0.3, -0.25) is 9.48 Å². The summed E-state index contributed by atoms with van der Waals surface area (Å²) in [4.78, 5) is 35.1. The number of aromatic nitrogens is 4. The minimum Gasteiger partial charge on any atom is -0.445 e. The summed E-state index contributed by atoms with van der Waals surface area (Å²) in [6.07, 6.45) is -0.626. The van der Waals surface area contributed by atoms with E-state index in [1.54, 1.807) is 61.3 Å². The van der Waals surface area contributed by atoms with Gasteiger partial charge in [-0.25, -0.2) is 19.2 Å². The molecular formula is C34H35FN6O4S. The van der Waals surface area contributed by atoms with E-state index in [1.165, 1.54) is 23.5 Å². The first-order valence-electron chi connectivity index (χ1n) is 14.7. The van der Waals surface area contributed by atoms with Crippen LogP contribution in [-0.4, -0.2) is 43.4 Å². The second-order valence-electron chi connectivity index (χ2n) is 11.5. The number of nitrogens with one attached hydrogen (secondary N) is 2. The van der Waals surface area contributed by atoms with E-state index in [1.807, 2.05) is 42.6 Å². The third kappa shape index (κ3) is 7.64. The summed E-state index contributed by atoms with van der Waals surface area (Å²) in [5.74, 6) is -0.823. The monoisotopic (exact) mass is 642 g/mol. The van der Waals surface area contributed by atoms with Crippen molar-refractivity contribution in [1.82, 2.24) is 30.4 Å². The molecule has 2 amide bonds. The molecule has 238 valence electrons. The summed E-state index contributed by atoms with van der Waals surface area (Å²) in [6.45, 7) is 7.40. The number of rotatable bonds is 11. The van der Waals surface area contributed by atoms with Crippen LogP contribution >= 0.6 is 11.3 Å². The van der Waals surface area contributed by atoms with Gasteiger partial charge in [0.05, 0.1) is 29.0 Å². The third-order valence-corrected chi connectivity index (χ3v) is 8.05. The number of carbonyl (C=O) groups is 2. The largest absolute Gasteiger partial charge is 0.445 e. The molecule has 3 aromatic heterocycles. The van der Waals surface area contributed by atoms with Crippen molar-refractivity contribution in [3.8, 4) is 22.6 Å². The first-order valence-corrected chi connectivity index (χ1v) is 15.6. The normalized spacial score (nSPS) is 12.7. The van der Waals surface area contributed by atoms with Crippen molar-refractivity contribution in [2.45, 2.75) is 52.0 Å². The molecule has 0 fully saturated rings. The molecule has 0 saturated carbocycles. The second kappa shape index (κ2) is 13.6. The van der Waals surface area contributed by atoms with Gasteiger partial charge in [-0.15, -0.1) is 11.3 Å². The van der Waals surface area contributed by atoms with Gasteiger partial charge in [0.2, 0.25) is 0 Å². The molecule has 1 unspecified atom stereocenters. The van der Waals surface area contributed by atoms with E-state index >= 15 is 0 Å². The van der Waals surface area contributed by atoms with Crippen molar-refractivity contribution in [2.24, 2.45) is 0 Å². The number of alkyl carbamates (subject to hydrolysis) is 1. The van der Waals surface area contributed by atoms with E-state index in [2.05, 4.69) is 20.7 Å². The van der Waals surface area contributed by atoms with Gasteiger partial charge in [0.15, 0.2) is 0 Å². The standard InChI is InChI=1S/C34H35FN6O4S/c1-5-41-29(17-27(40-41)28-19-46-21-37-28)31(42)36-20-34(4,44)30-16-24(15-26(38-30)23-11-13-25(35)14-12-23)33(2,3)39-32(43)45-18-22-9-7-6-8-10-22/h6-17,19,21,44H,5,18,20H2,1-4H3,(H,36,42)(H,39,43). The van der Waals surface area contributed by atoms with Crippen LogP contribution in [0, 0.1) is 5.82 Å². The highest BCUT2D eigenvalue weighted by Gasteiger charge is 2.31. The molecule has 5 rings (SSSR count). The maximum atomic E-state index is 13.8. The average Bonchev–Trinajstić information content (AvgIpc) is 3.74. The highest BCUT2D eigenvalue weighted by molar-refractivity contribution is 7.07. The third-order valence-electron chi connectivity index (χ3n) is 7.47. The summed E-state index contributed by atoms with van der Waals surface area (Å²) in [6, 6.07) is 20.3. The highest BCUT2D eigenvalue weighted by Crippen LogP contribution is 2.30. The SMILES string of the molecule is CCn1nc(-c2cscn2)cc1C(=O)NCC(C)(O)c1cc(C(C)(C)NC(=O)OCc2ccccc2)cc(-c2ccc(F)cc2)n1. The van der Waals surface area contributed by atoms with Crippen LogP contribution in [0.3, 0.4) is 0 Å². The van der Waals surface area contributed by atoms with Crippen molar-refractivity contribution in [1.29, 1.82) is 0 Å². The van der Waals surface area contributed by atoms with E-state index in [4.69, 9.17) is 9.72 Å². The average molecular weight is 643 g/mol. The van der Waals surface area contributed by atoms with Crippen molar-refractivity contribution in [2.75, 3.05) is 6.54 Å². The van der Waals surface area contributed by atoms with Crippen molar-refractivity contribution in [3.05, 3.63) is 112 Å². The number of aliphatic hydroxyl groups is 1. The van der Waals surface area contributed by atoms with E-state index in [0.717, 1.165) is 5.56 Å². The van der Waals surface area contributed by atoms with Gasteiger partial charge in [-0.05, 0) is 81.3 Å². The number of hydrogen-bond donors (Lipinski definition) is 3. The van der Waals surface area contributed by atoms with E-state index in [0.29, 0.717) is 40.4 Å². The maximum Gasteiger partial charge on any atom is 0.408 e. The molecule has 2 aromatic carbocycles. The molecule has 12 heteroatoms. The van der Waals surface area contributed by atoms with Gasteiger partial charge in [-0.2, -0.15) is 5.10 Å². The van der Waals surface area contributed by atoms with E-state index in [9.17, 15) is 19.1 Å². The molecule has 0 bridgehead atoms. The fourth-order valence-corrected chi connectivity index (χ4v) is 5.31. The number of amides is 2. The molecule has 0 aliphatic heterocycles. The fourth-order valence-electron chi connectivity index (χ4n) is 4.76. The second-order valence-corrected chi connectivity index (χ2v) is 12.2. The smallest absolute Gasteiger partial charge is 0.408 e. The van der Waals surface area contributed by atoms with Gasteiger partial charge in [0.25, 0.3) is 5.91 Å². The zero-order chi connectivity index (χ0) is 32.9. The molecule has 0 radical (unpaired) electrons. The number of hydrogen-bond acceptors (Lipinski definition) is 8. The molecule has 10 nitrogen and oxygen atoms in total. The van der Waals surface area contributed by atoms with E-state index in [-0.39, 0.29) is 18.8 Å². The van der Waals surface area contributed by atoms with Crippen LogP contribution < -0.4 is 10.6 Å². The number of benzene rings is 2. The van der Waals surface area contributed by atoms with Crippen LogP contribution in [0.1, 0.15) is 55.0 Å². The van der Waals surface area contributed by atoms with E-state index < -0.39 is 29.0 Å². The van der Waals surface area contributed by atoms with Crippen molar-refractivity contribution < 1.29 is 23.8 Å². The van der Waals surface area contributed by atoms with Crippen LogP contribution in [0.5, 0.6) is 0 Å². The minimum absolute atomic E-state index is 0.0990. The predicted octanol–water partition coefficient (Wildman–Crippen LogP) is 6.03. The van der Waals surface area contributed by atoms with Gasteiger partial charge in [0.1, 0.15) is 35.1 Å². The molecule has 46 heavy (non-hydrogen) atoms. The number of aryl methyl sites for hydroxylation is 1. The van der Waals surface area contributed by atoms with Crippen molar-refractivity contribution >= 4 is 23.3 Å². The maximum absolute atomic E-state index is 13.8. The molecule has 0 aliphatic rings. The summed E-state index contributed by atoms with van der Waals surface area (Å²) in [5, 5.41) is 23.7. The number of pyridine rings is 1. The quantitative estimate of drug-likeness (QED) is 0.160.